The lowest BCUT2D eigenvalue weighted by atomic mass is 10.1. The Kier molecular flexibility index (Phi) is 3.20. The molecule has 16 heavy (non-hydrogen) atoms. The van der Waals surface area contributed by atoms with Crippen LogP contribution in [0.1, 0.15) is 27.7 Å². The van der Waals surface area contributed by atoms with E-state index in [1.54, 1.807) is 11.3 Å². The van der Waals surface area contributed by atoms with Gasteiger partial charge in [-0.25, -0.2) is 0 Å². The summed E-state index contributed by atoms with van der Waals surface area (Å²) in [6, 6.07) is 10.5. The molecule has 2 heteroatoms. The monoisotopic (exact) mass is 230 g/mol. The second-order valence-electron chi connectivity index (χ2n) is 3.83. The van der Waals surface area contributed by atoms with Gasteiger partial charge in [0.25, 0.3) is 0 Å². The molecule has 0 unspecified atom stereocenters. The summed E-state index contributed by atoms with van der Waals surface area (Å²) in [4.78, 5) is 12.7. The van der Waals surface area contributed by atoms with Crippen molar-refractivity contribution in [2.24, 2.45) is 0 Å². The summed E-state index contributed by atoms with van der Waals surface area (Å²) in [7, 11) is 0. The van der Waals surface area contributed by atoms with E-state index >= 15 is 0 Å². The highest BCUT2D eigenvalue weighted by atomic mass is 32.1. The molecule has 0 radical (unpaired) electrons. The smallest absolute Gasteiger partial charge is 0.160 e. The van der Waals surface area contributed by atoms with Crippen molar-refractivity contribution >= 4 is 17.6 Å². The molecule has 0 saturated carbocycles. The van der Waals surface area contributed by atoms with Gasteiger partial charge in [0.2, 0.25) is 0 Å². The zero-order valence-corrected chi connectivity index (χ0v) is 10.3. The molecule has 1 heterocycles. The van der Waals surface area contributed by atoms with Crippen LogP contribution in [-0.4, -0.2) is 6.29 Å². The number of carbonyl (C=O) groups is 1. The molecule has 1 aromatic heterocycles. The van der Waals surface area contributed by atoms with Crippen LogP contribution in [-0.2, 0) is 6.42 Å². The summed E-state index contributed by atoms with van der Waals surface area (Å²) in [6.07, 6.45) is 1.96. The van der Waals surface area contributed by atoms with Crippen LogP contribution in [0.5, 0.6) is 0 Å². The summed E-state index contributed by atoms with van der Waals surface area (Å²) < 4.78 is 0. The van der Waals surface area contributed by atoms with Crippen LogP contribution in [0.4, 0.5) is 0 Å². The van der Waals surface area contributed by atoms with E-state index in [2.05, 4.69) is 38.1 Å². The van der Waals surface area contributed by atoms with Crippen LogP contribution in [0, 0.1) is 6.92 Å². The molecule has 2 rings (SSSR count). The number of hydrogen-bond acceptors (Lipinski definition) is 2. The van der Waals surface area contributed by atoms with Crippen molar-refractivity contribution < 1.29 is 4.79 Å². The van der Waals surface area contributed by atoms with Gasteiger partial charge in [-0.15, -0.1) is 11.3 Å². The Morgan fingerprint density at radius 2 is 2.12 bits per heavy atom. The van der Waals surface area contributed by atoms with Crippen LogP contribution < -0.4 is 0 Å². The fraction of sp³-hybridized carbons (Fsp3) is 0.214. The topological polar surface area (TPSA) is 17.1 Å². The molecule has 0 aliphatic carbocycles. The molecule has 0 fully saturated rings. The highest BCUT2D eigenvalue weighted by molar-refractivity contribution is 7.17. The maximum Gasteiger partial charge on any atom is 0.160 e. The van der Waals surface area contributed by atoms with Gasteiger partial charge < -0.3 is 0 Å². The second-order valence-corrected chi connectivity index (χ2v) is 4.92. The molecule has 1 nitrogen and oxygen atoms in total. The first kappa shape index (κ1) is 11.1. The van der Waals surface area contributed by atoms with Gasteiger partial charge in [0.1, 0.15) is 0 Å². The van der Waals surface area contributed by atoms with Gasteiger partial charge in [-0.05, 0) is 36.1 Å². The van der Waals surface area contributed by atoms with Crippen LogP contribution in [0.3, 0.4) is 0 Å². The standard InChI is InChI=1S/C14H14OS/c1-3-11-5-4-6-12(8-11)14-10(2)7-13(9-15)16-14/h4-9H,3H2,1-2H3. The first-order valence-corrected chi connectivity index (χ1v) is 6.21. The van der Waals surface area contributed by atoms with Crippen LogP contribution in [0.15, 0.2) is 30.3 Å². The molecule has 1 aromatic carbocycles. The maximum absolute atomic E-state index is 10.7. The van der Waals surface area contributed by atoms with E-state index in [-0.39, 0.29) is 0 Å². The molecule has 0 bridgehead atoms. The number of benzene rings is 1. The van der Waals surface area contributed by atoms with Crippen molar-refractivity contribution in [1.29, 1.82) is 0 Å². The summed E-state index contributed by atoms with van der Waals surface area (Å²) in [5.41, 5.74) is 3.73. The lowest BCUT2D eigenvalue weighted by Crippen LogP contribution is -1.81. The van der Waals surface area contributed by atoms with E-state index in [0.29, 0.717) is 0 Å². The number of rotatable bonds is 3. The minimum atomic E-state index is 0.800. The molecule has 0 saturated heterocycles. The van der Waals surface area contributed by atoms with Gasteiger partial charge in [-0.2, -0.15) is 0 Å². The number of aldehydes is 1. The lowest BCUT2D eigenvalue weighted by Gasteiger charge is -2.02. The zero-order valence-electron chi connectivity index (χ0n) is 9.49. The van der Waals surface area contributed by atoms with E-state index in [1.807, 2.05) is 6.07 Å². The predicted molar refractivity (Wildman–Crippen MR) is 69.3 cm³/mol. The van der Waals surface area contributed by atoms with Gasteiger partial charge in [0.15, 0.2) is 6.29 Å². The molecule has 0 spiro atoms. The van der Waals surface area contributed by atoms with Gasteiger partial charge in [0.05, 0.1) is 4.88 Å². The third-order valence-electron chi connectivity index (χ3n) is 2.65. The van der Waals surface area contributed by atoms with E-state index in [1.165, 1.54) is 21.6 Å². The number of aryl methyl sites for hydroxylation is 2. The van der Waals surface area contributed by atoms with Crippen molar-refractivity contribution in [2.45, 2.75) is 20.3 Å². The Morgan fingerprint density at radius 3 is 2.75 bits per heavy atom. The maximum atomic E-state index is 10.7. The second kappa shape index (κ2) is 4.62. The lowest BCUT2D eigenvalue weighted by molar-refractivity contribution is 0.112. The first-order chi connectivity index (χ1) is 7.74. The number of hydrogen-bond donors (Lipinski definition) is 0. The number of thiophene rings is 1. The molecular weight excluding hydrogens is 216 g/mol. The van der Waals surface area contributed by atoms with Gasteiger partial charge in [-0.1, -0.05) is 31.2 Å². The highest BCUT2D eigenvalue weighted by Gasteiger charge is 2.07. The Hall–Kier alpha value is -1.41. The summed E-state index contributed by atoms with van der Waals surface area (Å²) in [5.74, 6) is 0. The van der Waals surface area contributed by atoms with Crippen LogP contribution in [0.25, 0.3) is 10.4 Å². The number of carbonyl (C=O) groups excluding carboxylic acids is 1. The Labute approximate surface area is 99.8 Å². The van der Waals surface area contributed by atoms with Gasteiger partial charge >= 0.3 is 0 Å². The van der Waals surface area contributed by atoms with Crippen molar-refractivity contribution in [3.05, 3.63) is 46.3 Å². The summed E-state index contributed by atoms with van der Waals surface area (Å²) >= 11 is 1.56. The molecule has 0 aliphatic rings. The van der Waals surface area contributed by atoms with Crippen LogP contribution >= 0.6 is 11.3 Å². The molecular formula is C14H14OS. The normalized spacial score (nSPS) is 10.4. The van der Waals surface area contributed by atoms with E-state index in [0.717, 1.165) is 17.6 Å². The predicted octanol–water partition coefficient (Wildman–Crippen LogP) is 4.10. The van der Waals surface area contributed by atoms with E-state index in [9.17, 15) is 4.79 Å². The molecule has 0 atom stereocenters. The van der Waals surface area contributed by atoms with Crippen molar-refractivity contribution in [2.75, 3.05) is 0 Å². The fourth-order valence-electron chi connectivity index (χ4n) is 1.78. The molecule has 82 valence electrons. The quantitative estimate of drug-likeness (QED) is 0.725. The third-order valence-corrected chi connectivity index (χ3v) is 3.86. The van der Waals surface area contributed by atoms with Crippen LogP contribution in [0.2, 0.25) is 0 Å². The minimum absolute atomic E-state index is 0.800. The molecule has 0 aliphatic heterocycles. The average Bonchev–Trinajstić information content (AvgIpc) is 2.71. The SMILES string of the molecule is CCc1cccc(-c2sc(C=O)cc2C)c1. The van der Waals surface area contributed by atoms with Crippen molar-refractivity contribution in [1.82, 2.24) is 0 Å². The summed E-state index contributed by atoms with van der Waals surface area (Å²) in [5, 5.41) is 0. The highest BCUT2D eigenvalue weighted by Crippen LogP contribution is 2.32. The molecule has 0 N–H and O–H groups in total. The average molecular weight is 230 g/mol. The third kappa shape index (κ3) is 2.07. The zero-order chi connectivity index (χ0) is 11.5. The van der Waals surface area contributed by atoms with Crippen molar-refractivity contribution in [3.63, 3.8) is 0 Å². The van der Waals surface area contributed by atoms with Gasteiger partial charge in [-0.3, -0.25) is 4.79 Å². The van der Waals surface area contributed by atoms with Gasteiger partial charge in [0, 0.05) is 4.88 Å². The van der Waals surface area contributed by atoms with E-state index < -0.39 is 0 Å². The first-order valence-electron chi connectivity index (χ1n) is 5.39. The Morgan fingerprint density at radius 1 is 1.31 bits per heavy atom. The Bertz CT molecular complexity index is 511. The minimum Gasteiger partial charge on any atom is -0.297 e. The summed E-state index contributed by atoms with van der Waals surface area (Å²) in [6.45, 7) is 4.20. The fourth-order valence-corrected chi connectivity index (χ4v) is 2.77. The largest absolute Gasteiger partial charge is 0.297 e. The van der Waals surface area contributed by atoms with Crippen molar-refractivity contribution in [3.8, 4) is 10.4 Å². The molecule has 2 aromatic rings. The molecule has 0 amide bonds. The van der Waals surface area contributed by atoms with E-state index in [4.69, 9.17) is 0 Å². The Balaban J connectivity index is 2.48.